The standard InChI is InChI=1S/C30H30N6O8S2/c1-5-43-28(39)24-18(4)25(29(40)44-6-2)46-27(24)32-23(37)16-45-30-34-33-22(35(30)21-9-7-8-17(3)14-21)15-31-26(38)19-10-12-20(13-11-19)36(41)42/h7-14H,5-6,15-16H2,1-4H3,(H,31,38)(H,32,37). The van der Waals surface area contributed by atoms with Crippen LogP contribution in [-0.2, 0) is 20.8 Å². The van der Waals surface area contributed by atoms with Crippen LogP contribution in [0.3, 0.4) is 0 Å². The number of nitro benzene ring substituents is 1. The molecule has 2 N–H and O–H groups in total. The summed E-state index contributed by atoms with van der Waals surface area (Å²) < 4.78 is 12.0. The highest BCUT2D eigenvalue weighted by Crippen LogP contribution is 2.35. The molecule has 14 nitrogen and oxygen atoms in total. The number of carbonyl (C=O) groups is 4. The monoisotopic (exact) mass is 666 g/mol. The number of esters is 2. The van der Waals surface area contributed by atoms with Crippen LogP contribution in [0.1, 0.15) is 61.2 Å². The summed E-state index contributed by atoms with van der Waals surface area (Å²) in [7, 11) is 0. The van der Waals surface area contributed by atoms with Crippen LogP contribution in [0.2, 0.25) is 0 Å². The topological polar surface area (TPSA) is 185 Å². The predicted octanol–water partition coefficient (Wildman–Crippen LogP) is 4.87. The summed E-state index contributed by atoms with van der Waals surface area (Å²) in [6.07, 6.45) is 0. The highest BCUT2D eigenvalue weighted by atomic mass is 32.2. The third-order valence-corrected chi connectivity index (χ3v) is 8.50. The summed E-state index contributed by atoms with van der Waals surface area (Å²) in [5, 5.41) is 25.4. The maximum absolute atomic E-state index is 13.1. The molecule has 46 heavy (non-hydrogen) atoms. The van der Waals surface area contributed by atoms with Crippen molar-refractivity contribution in [2.24, 2.45) is 0 Å². The predicted molar refractivity (Wildman–Crippen MR) is 171 cm³/mol. The van der Waals surface area contributed by atoms with Crippen LogP contribution in [0.5, 0.6) is 0 Å². The molecular formula is C30H30N6O8S2. The third kappa shape index (κ3) is 7.94. The molecule has 4 rings (SSSR count). The van der Waals surface area contributed by atoms with E-state index in [1.54, 1.807) is 25.3 Å². The minimum atomic E-state index is -0.672. The van der Waals surface area contributed by atoms with E-state index in [4.69, 9.17) is 9.47 Å². The zero-order valence-corrected chi connectivity index (χ0v) is 27.0. The number of rotatable bonds is 13. The van der Waals surface area contributed by atoms with Crippen LogP contribution in [0.25, 0.3) is 5.69 Å². The van der Waals surface area contributed by atoms with E-state index < -0.39 is 28.7 Å². The lowest BCUT2D eigenvalue weighted by molar-refractivity contribution is -0.384. The number of carbonyl (C=O) groups excluding carboxylic acids is 4. The Kier molecular flexibility index (Phi) is 11.2. The van der Waals surface area contributed by atoms with Gasteiger partial charge in [0.1, 0.15) is 9.88 Å². The van der Waals surface area contributed by atoms with Crippen molar-refractivity contribution >= 4 is 57.5 Å². The van der Waals surface area contributed by atoms with Crippen molar-refractivity contribution in [1.82, 2.24) is 20.1 Å². The number of benzene rings is 2. The lowest BCUT2D eigenvalue weighted by atomic mass is 10.1. The molecule has 0 unspecified atom stereocenters. The van der Waals surface area contributed by atoms with Crippen molar-refractivity contribution < 1.29 is 33.6 Å². The fourth-order valence-corrected chi connectivity index (χ4v) is 6.14. The molecule has 0 atom stereocenters. The molecule has 0 fully saturated rings. The Morgan fingerprint density at radius 2 is 1.70 bits per heavy atom. The number of thioether (sulfide) groups is 1. The Hall–Kier alpha value is -5.09. The van der Waals surface area contributed by atoms with Gasteiger partial charge in [-0.3, -0.25) is 24.3 Å². The van der Waals surface area contributed by atoms with Crippen molar-refractivity contribution in [2.45, 2.75) is 39.4 Å². The Bertz CT molecular complexity index is 1780. The lowest BCUT2D eigenvalue weighted by Gasteiger charge is -2.12. The zero-order valence-electron chi connectivity index (χ0n) is 25.3. The number of amides is 2. The zero-order chi connectivity index (χ0) is 33.4. The average molecular weight is 667 g/mol. The Balaban J connectivity index is 1.53. The van der Waals surface area contributed by atoms with Crippen molar-refractivity contribution in [3.63, 3.8) is 0 Å². The van der Waals surface area contributed by atoms with Crippen LogP contribution in [-0.4, -0.2) is 62.4 Å². The Labute approximate surface area is 271 Å². The number of ether oxygens (including phenoxy) is 2. The molecule has 2 heterocycles. The van der Waals surface area contributed by atoms with Gasteiger partial charge >= 0.3 is 11.9 Å². The quantitative estimate of drug-likeness (QED) is 0.0859. The second-order valence-corrected chi connectivity index (χ2v) is 11.6. The number of aryl methyl sites for hydroxylation is 1. The van der Waals surface area contributed by atoms with Gasteiger partial charge in [-0.05, 0) is 63.1 Å². The number of hydrogen-bond acceptors (Lipinski definition) is 12. The number of aromatic nitrogens is 3. The van der Waals surface area contributed by atoms with Gasteiger partial charge < -0.3 is 20.1 Å². The highest BCUT2D eigenvalue weighted by Gasteiger charge is 2.27. The van der Waals surface area contributed by atoms with Crippen LogP contribution in [0.15, 0.2) is 53.7 Å². The average Bonchev–Trinajstić information content (AvgIpc) is 3.59. The first kappa shape index (κ1) is 33.8. The summed E-state index contributed by atoms with van der Waals surface area (Å²) in [6, 6.07) is 12.7. The van der Waals surface area contributed by atoms with E-state index in [0.717, 1.165) is 28.7 Å². The molecule has 0 bridgehead atoms. The van der Waals surface area contributed by atoms with E-state index in [2.05, 4.69) is 20.8 Å². The molecule has 0 radical (unpaired) electrons. The summed E-state index contributed by atoms with van der Waals surface area (Å²) >= 11 is 2.01. The molecule has 240 valence electrons. The van der Waals surface area contributed by atoms with Gasteiger partial charge in [0.15, 0.2) is 11.0 Å². The molecule has 0 saturated heterocycles. The van der Waals surface area contributed by atoms with Gasteiger partial charge in [0, 0.05) is 23.4 Å². The fourth-order valence-electron chi connectivity index (χ4n) is 4.27. The van der Waals surface area contributed by atoms with Gasteiger partial charge in [-0.25, -0.2) is 9.59 Å². The third-order valence-electron chi connectivity index (χ3n) is 6.38. The summed E-state index contributed by atoms with van der Waals surface area (Å²) in [4.78, 5) is 61.6. The SMILES string of the molecule is CCOC(=O)c1sc(NC(=O)CSc2nnc(CNC(=O)c3ccc([N+](=O)[O-])cc3)n2-c2cccc(C)c2)c(C(=O)OCC)c1C. The molecule has 0 spiro atoms. The second-order valence-electron chi connectivity index (χ2n) is 9.60. The van der Waals surface area contributed by atoms with Crippen LogP contribution >= 0.6 is 23.1 Å². The maximum atomic E-state index is 13.1. The first-order valence-electron chi connectivity index (χ1n) is 14.0. The van der Waals surface area contributed by atoms with Gasteiger partial charge in [0.05, 0.1) is 36.0 Å². The van der Waals surface area contributed by atoms with Gasteiger partial charge in [0.2, 0.25) is 5.91 Å². The van der Waals surface area contributed by atoms with E-state index in [0.29, 0.717) is 22.2 Å². The van der Waals surface area contributed by atoms with Gasteiger partial charge in [-0.1, -0.05) is 23.9 Å². The van der Waals surface area contributed by atoms with Gasteiger partial charge in [0.25, 0.3) is 11.6 Å². The van der Waals surface area contributed by atoms with Crippen molar-refractivity contribution in [3.05, 3.63) is 91.6 Å². The van der Waals surface area contributed by atoms with Gasteiger partial charge in [-0.15, -0.1) is 21.5 Å². The summed E-state index contributed by atoms with van der Waals surface area (Å²) in [6.45, 7) is 7.05. The minimum Gasteiger partial charge on any atom is -0.462 e. The van der Waals surface area contributed by atoms with Crippen LogP contribution in [0, 0.1) is 24.0 Å². The first-order valence-corrected chi connectivity index (χ1v) is 15.8. The van der Waals surface area contributed by atoms with E-state index in [9.17, 15) is 29.3 Å². The minimum absolute atomic E-state index is 0.0302. The Morgan fingerprint density at radius 1 is 1.00 bits per heavy atom. The highest BCUT2D eigenvalue weighted by molar-refractivity contribution is 7.99. The fraction of sp³-hybridized carbons (Fsp3) is 0.267. The number of anilines is 1. The lowest BCUT2D eigenvalue weighted by Crippen LogP contribution is -2.24. The van der Waals surface area contributed by atoms with Crippen molar-refractivity contribution in [3.8, 4) is 5.69 Å². The normalized spacial score (nSPS) is 10.7. The van der Waals surface area contributed by atoms with E-state index in [-0.39, 0.29) is 52.2 Å². The molecule has 2 aromatic heterocycles. The van der Waals surface area contributed by atoms with Crippen molar-refractivity contribution in [1.29, 1.82) is 0 Å². The molecule has 0 aliphatic heterocycles. The Morgan fingerprint density at radius 3 is 2.35 bits per heavy atom. The number of nitro groups is 1. The van der Waals surface area contributed by atoms with E-state index in [1.807, 2.05) is 31.2 Å². The number of thiophene rings is 1. The molecule has 0 aliphatic carbocycles. The van der Waals surface area contributed by atoms with Crippen LogP contribution in [0.4, 0.5) is 10.7 Å². The number of nitrogens with one attached hydrogen (secondary N) is 2. The molecule has 2 amide bonds. The van der Waals surface area contributed by atoms with Crippen molar-refractivity contribution in [2.75, 3.05) is 24.3 Å². The molecule has 4 aromatic rings. The number of hydrogen-bond donors (Lipinski definition) is 2. The molecule has 0 aliphatic rings. The van der Waals surface area contributed by atoms with Gasteiger partial charge in [-0.2, -0.15) is 0 Å². The number of non-ortho nitro benzene ring substituents is 1. The molecule has 2 aromatic carbocycles. The molecular weight excluding hydrogens is 636 g/mol. The van der Waals surface area contributed by atoms with E-state index in [1.165, 1.54) is 24.3 Å². The maximum Gasteiger partial charge on any atom is 0.348 e. The van der Waals surface area contributed by atoms with E-state index >= 15 is 0 Å². The molecule has 0 saturated carbocycles. The summed E-state index contributed by atoms with van der Waals surface area (Å²) in [5.74, 6) is -1.97. The molecule has 16 heteroatoms. The first-order chi connectivity index (χ1) is 22.0. The largest absolute Gasteiger partial charge is 0.462 e. The summed E-state index contributed by atoms with van der Waals surface area (Å²) in [5.41, 5.74) is 2.19. The van der Waals surface area contributed by atoms with Crippen LogP contribution < -0.4 is 10.6 Å². The number of nitrogens with zero attached hydrogens (tertiary/aromatic N) is 4. The second kappa shape index (κ2) is 15.3. The smallest absolute Gasteiger partial charge is 0.348 e.